The Morgan fingerprint density at radius 1 is 1.19 bits per heavy atom. The fraction of sp³-hybridized carbons (Fsp3) is 0.571. The first kappa shape index (κ1) is 18.2. The molecule has 1 fully saturated rings. The Morgan fingerprint density at radius 3 is 2.85 bits per heavy atom. The highest BCUT2D eigenvalue weighted by atomic mass is 16.2. The number of aromatic nitrogens is 3. The van der Waals surface area contributed by atoms with Gasteiger partial charge in [0.1, 0.15) is 5.69 Å². The van der Waals surface area contributed by atoms with Crippen LogP contribution in [0.2, 0.25) is 0 Å². The molecule has 2 aromatic rings. The zero-order valence-electron chi connectivity index (χ0n) is 16.4. The quantitative estimate of drug-likeness (QED) is 0.834. The molecule has 2 aliphatic rings. The van der Waals surface area contributed by atoms with Crippen LogP contribution in [0.1, 0.15) is 59.5 Å². The van der Waals surface area contributed by atoms with Gasteiger partial charge < -0.3 is 4.90 Å². The van der Waals surface area contributed by atoms with Crippen LogP contribution in [0.15, 0.2) is 24.4 Å². The number of fused-ring (bicyclic) bond motifs is 1. The minimum absolute atomic E-state index is 0.130. The van der Waals surface area contributed by atoms with Gasteiger partial charge in [0.15, 0.2) is 0 Å². The highest BCUT2D eigenvalue weighted by Crippen LogP contribution is 2.28. The molecule has 1 unspecified atom stereocenters. The van der Waals surface area contributed by atoms with Crippen LogP contribution in [0.5, 0.6) is 0 Å². The van der Waals surface area contributed by atoms with Crippen molar-refractivity contribution < 1.29 is 4.79 Å². The van der Waals surface area contributed by atoms with Crippen molar-refractivity contribution in [2.45, 2.75) is 52.1 Å². The lowest BCUT2D eigenvalue weighted by molar-refractivity contribution is 0.0766. The van der Waals surface area contributed by atoms with Crippen LogP contribution in [0.4, 0.5) is 0 Å². The lowest BCUT2D eigenvalue weighted by atomic mass is 9.94. The van der Waals surface area contributed by atoms with E-state index >= 15 is 0 Å². The Kier molecular flexibility index (Phi) is 5.25. The summed E-state index contributed by atoms with van der Waals surface area (Å²) >= 11 is 0. The molecule has 4 rings (SSSR count). The average molecular weight is 367 g/mol. The minimum atomic E-state index is 0.130. The lowest BCUT2D eigenvalue weighted by Gasteiger charge is -2.31. The first-order chi connectivity index (χ1) is 13.1. The molecule has 144 valence electrons. The van der Waals surface area contributed by atoms with Crippen molar-refractivity contribution in [3.63, 3.8) is 0 Å². The smallest absolute Gasteiger partial charge is 0.272 e. The van der Waals surface area contributed by atoms with Crippen molar-refractivity contribution in [3.8, 4) is 0 Å². The van der Waals surface area contributed by atoms with Crippen LogP contribution in [0, 0.1) is 6.92 Å². The maximum atomic E-state index is 12.7. The number of piperidine rings is 1. The number of likely N-dealkylation sites (tertiary alicyclic amines) is 1. The molecule has 0 radical (unpaired) electrons. The summed E-state index contributed by atoms with van der Waals surface area (Å²) in [6, 6.07) is 6.30. The van der Waals surface area contributed by atoms with Crippen molar-refractivity contribution in [3.05, 3.63) is 47.0 Å². The number of pyridine rings is 1. The van der Waals surface area contributed by atoms with Crippen molar-refractivity contribution in [2.75, 3.05) is 26.2 Å². The molecule has 0 N–H and O–H groups in total. The number of carbonyl (C=O) groups excluding carboxylic acids is 1. The van der Waals surface area contributed by atoms with Crippen molar-refractivity contribution in [1.29, 1.82) is 0 Å². The SMILES string of the molecule is CCN1CCCn2nc(C3CCCN(Cc4ccc(C)cn4)C3)cc2C1=O. The van der Waals surface area contributed by atoms with Gasteiger partial charge >= 0.3 is 0 Å². The fourth-order valence-corrected chi connectivity index (χ4v) is 4.22. The number of rotatable bonds is 4. The van der Waals surface area contributed by atoms with Crippen molar-refractivity contribution >= 4 is 5.91 Å². The lowest BCUT2D eigenvalue weighted by Crippen LogP contribution is -2.34. The number of carbonyl (C=O) groups is 1. The molecule has 0 aliphatic carbocycles. The van der Waals surface area contributed by atoms with Crippen LogP contribution in [-0.2, 0) is 13.1 Å². The van der Waals surface area contributed by atoms with E-state index in [2.05, 4.69) is 35.0 Å². The molecular weight excluding hydrogens is 338 g/mol. The second kappa shape index (κ2) is 7.80. The van der Waals surface area contributed by atoms with Gasteiger partial charge in [0.2, 0.25) is 0 Å². The van der Waals surface area contributed by atoms with E-state index in [1.54, 1.807) is 0 Å². The van der Waals surface area contributed by atoms with E-state index in [1.807, 2.05) is 22.7 Å². The van der Waals surface area contributed by atoms with E-state index in [0.29, 0.717) is 5.92 Å². The molecule has 1 amide bonds. The summed E-state index contributed by atoms with van der Waals surface area (Å²) in [5.74, 6) is 0.525. The Bertz CT molecular complexity index is 797. The van der Waals surface area contributed by atoms with E-state index in [4.69, 9.17) is 5.10 Å². The zero-order chi connectivity index (χ0) is 18.8. The van der Waals surface area contributed by atoms with Crippen LogP contribution in [-0.4, -0.2) is 56.7 Å². The van der Waals surface area contributed by atoms with E-state index in [0.717, 1.165) is 75.6 Å². The van der Waals surface area contributed by atoms with Gasteiger partial charge in [-0.05, 0) is 57.4 Å². The number of aryl methyl sites for hydroxylation is 2. The maximum absolute atomic E-state index is 12.7. The van der Waals surface area contributed by atoms with Gasteiger partial charge in [0, 0.05) is 44.8 Å². The first-order valence-electron chi connectivity index (χ1n) is 10.1. The standard InChI is InChI=1S/C21H29N5O/c1-3-25-10-5-11-26-20(21(25)27)12-19(23-26)17-6-4-9-24(14-17)15-18-8-7-16(2)13-22-18/h7-8,12-13,17H,3-6,9-11,14-15H2,1-2H3. The summed E-state index contributed by atoms with van der Waals surface area (Å²) in [6.07, 6.45) is 5.21. The Balaban J connectivity index is 1.48. The third kappa shape index (κ3) is 3.90. The Morgan fingerprint density at radius 2 is 2.07 bits per heavy atom. The molecule has 4 heterocycles. The first-order valence-corrected chi connectivity index (χ1v) is 10.1. The van der Waals surface area contributed by atoms with Gasteiger partial charge in [-0.1, -0.05) is 6.07 Å². The monoisotopic (exact) mass is 367 g/mol. The molecule has 0 saturated carbocycles. The van der Waals surface area contributed by atoms with Crippen LogP contribution >= 0.6 is 0 Å². The predicted octanol–water partition coefficient (Wildman–Crippen LogP) is 2.83. The third-order valence-electron chi connectivity index (χ3n) is 5.77. The Labute approximate surface area is 161 Å². The zero-order valence-corrected chi connectivity index (χ0v) is 16.4. The summed E-state index contributed by atoms with van der Waals surface area (Å²) < 4.78 is 1.94. The van der Waals surface area contributed by atoms with Gasteiger partial charge in [-0.15, -0.1) is 0 Å². The molecule has 0 bridgehead atoms. The maximum Gasteiger partial charge on any atom is 0.272 e. The van der Waals surface area contributed by atoms with Crippen molar-refractivity contribution in [2.24, 2.45) is 0 Å². The molecular formula is C21H29N5O. The van der Waals surface area contributed by atoms with Crippen LogP contribution in [0.25, 0.3) is 0 Å². The van der Waals surface area contributed by atoms with Gasteiger partial charge in [-0.25, -0.2) is 0 Å². The molecule has 6 nitrogen and oxygen atoms in total. The van der Waals surface area contributed by atoms with Gasteiger partial charge in [-0.2, -0.15) is 5.10 Å². The third-order valence-corrected chi connectivity index (χ3v) is 5.77. The van der Waals surface area contributed by atoms with Crippen LogP contribution < -0.4 is 0 Å². The highest BCUT2D eigenvalue weighted by Gasteiger charge is 2.28. The largest absolute Gasteiger partial charge is 0.338 e. The number of nitrogens with zero attached hydrogens (tertiary/aromatic N) is 5. The second-order valence-corrected chi connectivity index (χ2v) is 7.82. The van der Waals surface area contributed by atoms with Crippen molar-refractivity contribution in [1.82, 2.24) is 24.6 Å². The predicted molar refractivity (Wildman–Crippen MR) is 105 cm³/mol. The average Bonchev–Trinajstić information content (AvgIpc) is 3.05. The Hall–Kier alpha value is -2.21. The summed E-state index contributed by atoms with van der Waals surface area (Å²) in [5.41, 5.74) is 4.16. The summed E-state index contributed by atoms with van der Waals surface area (Å²) in [5, 5.41) is 4.83. The topological polar surface area (TPSA) is 54.3 Å². The molecule has 0 spiro atoms. The second-order valence-electron chi connectivity index (χ2n) is 7.82. The molecule has 1 saturated heterocycles. The molecule has 0 aromatic carbocycles. The van der Waals surface area contributed by atoms with E-state index in [1.165, 1.54) is 5.56 Å². The van der Waals surface area contributed by atoms with Gasteiger partial charge in [0.05, 0.1) is 11.4 Å². The summed E-state index contributed by atoms with van der Waals surface area (Å²) in [7, 11) is 0. The van der Waals surface area contributed by atoms with E-state index < -0.39 is 0 Å². The molecule has 2 aliphatic heterocycles. The summed E-state index contributed by atoms with van der Waals surface area (Å²) in [6.45, 7) is 9.50. The number of amides is 1. The van der Waals surface area contributed by atoms with E-state index in [9.17, 15) is 4.79 Å². The summed E-state index contributed by atoms with van der Waals surface area (Å²) in [4.78, 5) is 21.7. The fourth-order valence-electron chi connectivity index (χ4n) is 4.22. The molecule has 6 heteroatoms. The molecule has 1 atom stereocenters. The molecule has 27 heavy (non-hydrogen) atoms. The molecule has 2 aromatic heterocycles. The van der Waals surface area contributed by atoms with Gasteiger partial charge in [-0.3, -0.25) is 19.4 Å². The van der Waals surface area contributed by atoms with Crippen LogP contribution in [0.3, 0.4) is 0 Å². The number of hydrogen-bond acceptors (Lipinski definition) is 4. The minimum Gasteiger partial charge on any atom is -0.338 e. The highest BCUT2D eigenvalue weighted by molar-refractivity contribution is 5.93. The van der Waals surface area contributed by atoms with E-state index in [-0.39, 0.29) is 5.91 Å². The van der Waals surface area contributed by atoms with Gasteiger partial charge in [0.25, 0.3) is 5.91 Å². The normalized spacial score (nSPS) is 21.2. The number of hydrogen-bond donors (Lipinski definition) is 0.